The second kappa shape index (κ2) is 7.36. The van der Waals surface area contributed by atoms with Crippen LogP contribution in [0, 0.1) is 0 Å². The number of carbonyl (C=O) groups is 1. The van der Waals surface area contributed by atoms with Gasteiger partial charge in [-0.2, -0.15) is 8.75 Å². The Morgan fingerprint density at radius 1 is 1.15 bits per heavy atom. The molecule has 8 heteroatoms. The van der Waals surface area contributed by atoms with Crippen molar-refractivity contribution in [2.24, 2.45) is 0 Å². The predicted molar refractivity (Wildman–Crippen MR) is 104 cm³/mol. The Labute approximate surface area is 161 Å². The van der Waals surface area contributed by atoms with Crippen molar-refractivity contribution in [1.29, 1.82) is 0 Å². The molecule has 0 aliphatic heterocycles. The van der Waals surface area contributed by atoms with Gasteiger partial charge in [0.15, 0.2) is 9.84 Å². The van der Waals surface area contributed by atoms with Gasteiger partial charge in [-0.15, -0.1) is 0 Å². The highest BCUT2D eigenvalue weighted by molar-refractivity contribution is 7.91. The van der Waals surface area contributed by atoms with Crippen LogP contribution in [0.15, 0.2) is 47.4 Å². The third-order valence-corrected chi connectivity index (χ3v) is 7.17. The molecule has 0 unspecified atom stereocenters. The molecule has 1 heterocycles. The van der Waals surface area contributed by atoms with Crippen LogP contribution < -0.4 is 5.32 Å². The normalized spacial score (nSPS) is 16.8. The maximum Gasteiger partial charge on any atom is 0.221 e. The first-order chi connectivity index (χ1) is 13.0. The number of fused-ring (bicyclic) bond motifs is 2. The first-order valence-electron chi connectivity index (χ1n) is 8.86. The van der Waals surface area contributed by atoms with E-state index >= 15 is 0 Å². The standard InChI is InChI=1S/C19H19N3O3S2/c23-18(20-15-8-3-6-13-5-1-2-7-14(13)15)11-12-27(24,25)17-10-4-9-16-19(17)22-26-21-16/h1-2,4-5,7,9-10,15H,3,6,8,11-12H2,(H,20,23)/t15-/m0/s1. The fourth-order valence-electron chi connectivity index (χ4n) is 3.54. The fourth-order valence-corrected chi connectivity index (χ4v) is 5.55. The zero-order valence-corrected chi connectivity index (χ0v) is 16.2. The van der Waals surface area contributed by atoms with E-state index in [0.29, 0.717) is 11.0 Å². The van der Waals surface area contributed by atoms with Crippen LogP contribution in [0.3, 0.4) is 0 Å². The van der Waals surface area contributed by atoms with E-state index in [1.807, 2.05) is 18.2 Å². The first-order valence-corrected chi connectivity index (χ1v) is 11.2. The number of benzene rings is 2. The van der Waals surface area contributed by atoms with Crippen molar-refractivity contribution in [3.8, 4) is 0 Å². The summed E-state index contributed by atoms with van der Waals surface area (Å²) in [5.74, 6) is -0.493. The van der Waals surface area contributed by atoms with Crippen LogP contribution in [-0.2, 0) is 21.1 Å². The van der Waals surface area contributed by atoms with E-state index in [9.17, 15) is 13.2 Å². The third-order valence-electron chi connectivity index (χ3n) is 4.89. The predicted octanol–water partition coefficient (Wildman–Crippen LogP) is 3.05. The Kier molecular flexibility index (Phi) is 4.92. The summed E-state index contributed by atoms with van der Waals surface area (Å²) in [5, 5.41) is 3.00. The minimum Gasteiger partial charge on any atom is -0.349 e. The molecule has 0 radical (unpaired) electrons. The lowest BCUT2D eigenvalue weighted by molar-refractivity contribution is -0.121. The van der Waals surface area contributed by atoms with Crippen LogP contribution in [0.25, 0.3) is 11.0 Å². The summed E-state index contributed by atoms with van der Waals surface area (Å²) in [5.41, 5.74) is 3.33. The molecule has 1 amide bonds. The summed E-state index contributed by atoms with van der Waals surface area (Å²) in [7, 11) is -3.61. The van der Waals surface area contributed by atoms with Gasteiger partial charge in [-0.25, -0.2) is 8.42 Å². The van der Waals surface area contributed by atoms with E-state index in [1.165, 1.54) is 11.6 Å². The molecule has 2 aromatic carbocycles. The maximum atomic E-state index is 12.7. The minimum atomic E-state index is -3.61. The van der Waals surface area contributed by atoms with Crippen LogP contribution in [0.1, 0.15) is 36.4 Å². The molecule has 1 atom stereocenters. The molecule has 6 nitrogen and oxygen atoms in total. The highest BCUT2D eigenvalue weighted by Crippen LogP contribution is 2.29. The Bertz CT molecular complexity index is 1090. The van der Waals surface area contributed by atoms with E-state index in [1.54, 1.807) is 12.1 Å². The summed E-state index contributed by atoms with van der Waals surface area (Å²) < 4.78 is 33.5. The Hall–Kier alpha value is -2.32. The second-order valence-corrected chi connectivity index (χ2v) is 9.27. The lowest BCUT2D eigenvalue weighted by Gasteiger charge is -2.26. The van der Waals surface area contributed by atoms with E-state index in [0.717, 1.165) is 36.6 Å². The number of amides is 1. The number of hydrogen-bond acceptors (Lipinski definition) is 6. The molecule has 1 aromatic heterocycles. The smallest absolute Gasteiger partial charge is 0.221 e. The van der Waals surface area contributed by atoms with Gasteiger partial charge in [0.25, 0.3) is 0 Å². The number of hydrogen-bond donors (Lipinski definition) is 1. The summed E-state index contributed by atoms with van der Waals surface area (Å²) in [6, 6.07) is 12.9. The number of carbonyl (C=O) groups excluding carboxylic acids is 1. The molecular weight excluding hydrogens is 382 g/mol. The first kappa shape index (κ1) is 18.1. The summed E-state index contributed by atoms with van der Waals surface area (Å²) in [6.07, 6.45) is 2.83. The van der Waals surface area contributed by atoms with E-state index in [-0.39, 0.29) is 29.0 Å². The lowest BCUT2D eigenvalue weighted by Crippen LogP contribution is -2.32. The lowest BCUT2D eigenvalue weighted by atomic mass is 9.88. The van der Waals surface area contributed by atoms with Crippen molar-refractivity contribution in [3.05, 3.63) is 53.6 Å². The molecule has 1 N–H and O–H groups in total. The summed E-state index contributed by atoms with van der Waals surface area (Å²) in [4.78, 5) is 12.6. The van der Waals surface area contributed by atoms with Gasteiger partial charge in [0.05, 0.1) is 28.4 Å². The average Bonchev–Trinajstić information content (AvgIpc) is 3.15. The molecule has 0 fully saturated rings. The molecule has 0 saturated carbocycles. The zero-order chi connectivity index (χ0) is 18.9. The quantitative estimate of drug-likeness (QED) is 0.710. The largest absolute Gasteiger partial charge is 0.349 e. The van der Waals surface area contributed by atoms with Gasteiger partial charge in [0, 0.05) is 6.42 Å². The maximum absolute atomic E-state index is 12.7. The topological polar surface area (TPSA) is 89.0 Å². The number of nitrogens with one attached hydrogen (secondary N) is 1. The van der Waals surface area contributed by atoms with Gasteiger partial charge < -0.3 is 5.32 Å². The summed E-state index contributed by atoms with van der Waals surface area (Å²) >= 11 is 0.981. The molecule has 1 aliphatic carbocycles. The molecule has 27 heavy (non-hydrogen) atoms. The summed E-state index contributed by atoms with van der Waals surface area (Å²) in [6.45, 7) is 0. The van der Waals surface area contributed by atoms with Crippen LogP contribution in [0.4, 0.5) is 0 Å². The molecule has 1 aliphatic rings. The van der Waals surface area contributed by atoms with Crippen LogP contribution in [0.5, 0.6) is 0 Å². The number of aryl methyl sites for hydroxylation is 1. The van der Waals surface area contributed by atoms with Gasteiger partial charge >= 0.3 is 0 Å². The van der Waals surface area contributed by atoms with Crippen LogP contribution in [0.2, 0.25) is 0 Å². The molecule has 0 spiro atoms. The Morgan fingerprint density at radius 2 is 2.00 bits per heavy atom. The van der Waals surface area contributed by atoms with Crippen molar-refractivity contribution < 1.29 is 13.2 Å². The van der Waals surface area contributed by atoms with Gasteiger partial charge in [0.2, 0.25) is 5.91 Å². The van der Waals surface area contributed by atoms with E-state index in [4.69, 9.17) is 0 Å². The highest BCUT2D eigenvalue weighted by atomic mass is 32.2. The molecule has 3 aromatic rings. The van der Waals surface area contributed by atoms with Gasteiger partial charge in [-0.3, -0.25) is 4.79 Å². The number of aromatic nitrogens is 2. The van der Waals surface area contributed by atoms with Crippen molar-refractivity contribution in [2.75, 3.05) is 5.75 Å². The van der Waals surface area contributed by atoms with Crippen molar-refractivity contribution in [2.45, 2.75) is 36.6 Å². The van der Waals surface area contributed by atoms with Gasteiger partial charge in [-0.1, -0.05) is 30.3 Å². The molecule has 140 valence electrons. The third kappa shape index (κ3) is 3.72. The van der Waals surface area contributed by atoms with Gasteiger partial charge in [0.1, 0.15) is 11.0 Å². The SMILES string of the molecule is O=C(CCS(=O)(=O)c1cccc2nsnc12)N[C@H]1CCCc2ccccc21. The second-order valence-electron chi connectivity index (χ2n) is 6.67. The van der Waals surface area contributed by atoms with Crippen molar-refractivity contribution in [3.63, 3.8) is 0 Å². The Balaban J connectivity index is 1.45. The van der Waals surface area contributed by atoms with E-state index in [2.05, 4.69) is 20.1 Å². The fraction of sp³-hybridized carbons (Fsp3) is 0.316. The number of sulfone groups is 1. The number of rotatable bonds is 5. The molecule has 0 saturated heterocycles. The molecule has 4 rings (SSSR count). The van der Waals surface area contributed by atoms with Crippen LogP contribution in [-0.4, -0.2) is 28.8 Å². The minimum absolute atomic E-state index is 0.0451. The van der Waals surface area contributed by atoms with Crippen molar-refractivity contribution in [1.82, 2.24) is 14.1 Å². The molecular formula is C19H19N3O3S2. The zero-order valence-electron chi connectivity index (χ0n) is 14.6. The number of nitrogens with zero attached hydrogens (tertiary/aromatic N) is 2. The van der Waals surface area contributed by atoms with Crippen molar-refractivity contribution >= 4 is 38.5 Å². The van der Waals surface area contributed by atoms with E-state index < -0.39 is 9.84 Å². The monoisotopic (exact) mass is 401 g/mol. The van der Waals surface area contributed by atoms with Gasteiger partial charge in [-0.05, 0) is 42.5 Å². The van der Waals surface area contributed by atoms with Crippen LogP contribution >= 0.6 is 11.7 Å². The molecule has 0 bridgehead atoms. The Morgan fingerprint density at radius 3 is 2.89 bits per heavy atom. The highest BCUT2D eigenvalue weighted by Gasteiger charge is 2.24. The average molecular weight is 402 g/mol.